The molecule has 1 aliphatic rings. The average Bonchev–Trinajstić information content (AvgIpc) is 2.38. The lowest BCUT2D eigenvalue weighted by atomic mass is 10.1. The number of nitrogens with one attached hydrogen (secondary N) is 1. The highest BCUT2D eigenvalue weighted by Gasteiger charge is 2.23. The number of pyridine rings is 1. The van der Waals surface area contributed by atoms with Crippen molar-refractivity contribution >= 4 is 5.82 Å². The molecule has 1 saturated heterocycles. The Morgan fingerprint density at radius 3 is 2.58 bits per heavy atom. The number of nitrogens with zero attached hydrogens (tertiary/aromatic N) is 2. The zero-order valence-electron chi connectivity index (χ0n) is 12.4. The normalized spacial score (nSPS) is 25.4. The molecule has 1 fully saturated rings. The summed E-state index contributed by atoms with van der Waals surface area (Å²) >= 11 is 0. The van der Waals surface area contributed by atoms with Crippen LogP contribution in [0.5, 0.6) is 0 Å². The van der Waals surface area contributed by atoms with Crippen LogP contribution in [0, 0.1) is 0 Å². The fourth-order valence-corrected chi connectivity index (χ4v) is 2.63. The van der Waals surface area contributed by atoms with Crippen molar-refractivity contribution in [2.24, 2.45) is 0 Å². The zero-order valence-corrected chi connectivity index (χ0v) is 12.4. The molecule has 1 aromatic rings. The first-order valence-electron chi connectivity index (χ1n) is 7.20. The molecule has 0 aliphatic carbocycles. The van der Waals surface area contributed by atoms with Gasteiger partial charge in [-0.1, -0.05) is 13.0 Å². The van der Waals surface area contributed by atoms with E-state index in [2.05, 4.69) is 55.0 Å². The molecule has 0 aromatic carbocycles. The van der Waals surface area contributed by atoms with Crippen LogP contribution < -0.4 is 10.2 Å². The number of hydrogen-bond donors (Lipinski definition) is 1. The number of anilines is 1. The topological polar surface area (TPSA) is 37.4 Å². The van der Waals surface area contributed by atoms with Crippen LogP contribution in [0.25, 0.3) is 0 Å². The summed E-state index contributed by atoms with van der Waals surface area (Å²) in [5.41, 5.74) is 1.24. The minimum absolute atomic E-state index is 0.269. The average molecular weight is 263 g/mol. The van der Waals surface area contributed by atoms with Gasteiger partial charge in [-0.3, -0.25) is 0 Å². The van der Waals surface area contributed by atoms with E-state index >= 15 is 0 Å². The van der Waals surface area contributed by atoms with Crippen molar-refractivity contribution in [3.8, 4) is 0 Å². The van der Waals surface area contributed by atoms with E-state index in [0.29, 0.717) is 6.04 Å². The molecule has 0 amide bonds. The van der Waals surface area contributed by atoms with Crippen LogP contribution in [0.4, 0.5) is 5.82 Å². The number of hydrogen-bond acceptors (Lipinski definition) is 4. The Balaban J connectivity index is 2.05. The molecule has 1 unspecified atom stereocenters. The van der Waals surface area contributed by atoms with Crippen molar-refractivity contribution in [1.29, 1.82) is 0 Å². The fourth-order valence-electron chi connectivity index (χ4n) is 2.63. The van der Waals surface area contributed by atoms with Gasteiger partial charge in [0.2, 0.25) is 0 Å². The van der Waals surface area contributed by atoms with Crippen LogP contribution in [0.2, 0.25) is 0 Å². The van der Waals surface area contributed by atoms with Crippen LogP contribution in [-0.4, -0.2) is 36.8 Å². The van der Waals surface area contributed by atoms with Gasteiger partial charge in [-0.25, -0.2) is 4.98 Å². The zero-order chi connectivity index (χ0) is 13.8. The van der Waals surface area contributed by atoms with Crippen LogP contribution in [0.1, 0.15) is 39.3 Å². The molecule has 0 bridgehead atoms. The molecule has 0 radical (unpaired) electrons. The van der Waals surface area contributed by atoms with E-state index < -0.39 is 0 Å². The maximum absolute atomic E-state index is 5.75. The Morgan fingerprint density at radius 2 is 2.05 bits per heavy atom. The van der Waals surface area contributed by atoms with Crippen LogP contribution in [0.15, 0.2) is 18.3 Å². The van der Waals surface area contributed by atoms with E-state index in [-0.39, 0.29) is 12.2 Å². The number of rotatable bonds is 4. The van der Waals surface area contributed by atoms with E-state index in [1.165, 1.54) is 5.56 Å². The smallest absolute Gasteiger partial charge is 0.128 e. The predicted octanol–water partition coefficient (Wildman–Crippen LogP) is 2.37. The monoisotopic (exact) mass is 263 g/mol. The molecule has 0 saturated carbocycles. The van der Waals surface area contributed by atoms with E-state index in [1.54, 1.807) is 0 Å². The molecule has 1 aromatic heterocycles. The third kappa shape index (κ3) is 3.67. The van der Waals surface area contributed by atoms with Gasteiger partial charge in [-0.2, -0.15) is 0 Å². The number of ether oxygens (including phenoxy) is 1. The quantitative estimate of drug-likeness (QED) is 0.905. The van der Waals surface area contributed by atoms with Gasteiger partial charge in [0.25, 0.3) is 0 Å². The Kier molecular flexibility index (Phi) is 4.77. The van der Waals surface area contributed by atoms with Crippen LogP contribution >= 0.6 is 0 Å². The van der Waals surface area contributed by atoms with Gasteiger partial charge in [0.15, 0.2) is 0 Å². The molecule has 1 N–H and O–H groups in total. The summed E-state index contributed by atoms with van der Waals surface area (Å²) in [6.07, 6.45) is 2.52. The molecule has 106 valence electrons. The number of morpholine rings is 1. The van der Waals surface area contributed by atoms with Gasteiger partial charge in [-0.05, 0) is 38.9 Å². The Labute approximate surface area is 116 Å². The highest BCUT2D eigenvalue weighted by atomic mass is 16.5. The fraction of sp³-hybridized carbons (Fsp3) is 0.667. The Hall–Kier alpha value is -1.13. The molecule has 3 atom stereocenters. The molecule has 0 spiro atoms. The van der Waals surface area contributed by atoms with Crippen LogP contribution in [-0.2, 0) is 4.74 Å². The lowest BCUT2D eigenvalue weighted by molar-refractivity contribution is -0.00546. The summed E-state index contributed by atoms with van der Waals surface area (Å²) in [4.78, 5) is 6.91. The van der Waals surface area contributed by atoms with Crippen molar-refractivity contribution in [2.75, 3.05) is 24.5 Å². The Bertz CT molecular complexity index is 383. The molecule has 4 heteroatoms. The highest BCUT2D eigenvalue weighted by Crippen LogP contribution is 2.20. The minimum Gasteiger partial charge on any atom is -0.372 e. The summed E-state index contributed by atoms with van der Waals surface area (Å²) in [6, 6.07) is 4.64. The van der Waals surface area contributed by atoms with Gasteiger partial charge in [0.1, 0.15) is 5.82 Å². The summed E-state index contributed by atoms with van der Waals surface area (Å²) < 4.78 is 5.75. The van der Waals surface area contributed by atoms with Gasteiger partial charge >= 0.3 is 0 Å². The van der Waals surface area contributed by atoms with Crippen molar-refractivity contribution in [2.45, 2.75) is 45.9 Å². The molecular weight excluding hydrogens is 238 g/mol. The van der Waals surface area contributed by atoms with Crippen molar-refractivity contribution in [3.63, 3.8) is 0 Å². The first-order valence-corrected chi connectivity index (χ1v) is 7.20. The molecule has 2 heterocycles. The third-order valence-electron chi connectivity index (χ3n) is 3.52. The summed E-state index contributed by atoms with van der Waals surface area (Å²) in [5.74, 6) is 1.05. The van der Waals surface area contributed by atoms with E-state index in [4.69, 9.17) is 4.74 Å². The Morgan fingerprint density at radius 1 is 1.37 bits per heavy atom. The second kappa shape index (κ2) is 6.35. The van der Waals surface area contributed by atoms with Crippen molar-refractivity contribution in [1.82, 2.24) is 10.3 Å². The largest absolute Gasteiger partial charge is 0.372 e. The molecule has 19 heavy (non-hydrogen) atoms. The standard InChI is InChI=1S/C15H25N3O/c1-5-16-13(4)14-6-7-15(17-8-14)18-9-11(2)19-12(3)10-18/h6-8,11-13,16H,5,9-10H2,1-4H3/t11-,12+,13?. The SMILES string of the molecule is CCNC(C)c1ccc(N2C[C@@H](C)O[C@@H](C)C2)nc1. The van der Waals surface area contributed by atoms with Gasteiger partial charge in [-0.15, -0.1) is 0 Å². The van der Waals surface area contributed by atoms with E-state index in [9.17, 15) is 0 Å². The van der Waals surface area contributed by atoms with Crippen molar-refractivity contribution < 1.29 is 4.74 Å². The summed E-state index contributed by atoms with van der Waals surface area (Å²) in [7, 11) is 0. The molecule has 2 rings (SSSR count). The first kappa shape index (κ1) is 14.3. The maximum Gasteiger partial charge on any atom is 0.128 e. The lowest BCUT2D eigenvalue weighted by Crippen LogP contribution is -2.45. The van der Waals surface area contributed by atoms with Gasteiger partial charge in [0, 0.05) is 25.3 Å². The summed E-state index contributed by atoms with van der Waals surface area (Å²) in [5, 5.41) is 3.40. The van der Waals surface area contributed by atoms with E-state index in [0.717, 1.165) is 25.5 Å². The van der Waals surface area contributed by atoms with E-state index in [1.807, 2.05) is 6.20 Å². The van der Waals surface area contributed by atoms with Gasteiger partial charge in [0.05, 0.1) is 12.2 Å². The highest BCUT2D eigenvalue weighted by molar-refractivity contribution is 5.40. The molecule has 4 nitrogen and oxygen atoms in total. The predicted molar refractivity (Wildman–Crippen MR) is 78.6 cm³/mol. The van der Waals surface area contributed by atoms with Crippen molar-refractivity contribution in [3.05, 3.63) is 23.9 Å². The third-order valence-corrected chi connectivity index (χ3v) is 3.52. The van der Waals surface area contributed by atoms with Gasteiger partial charge < -0.3 is 15.0 Å². The minimum atomic E-state index is 0.269. The molecular formula is C15H25N3O. The number of aromatic nitrogens is 1. The maximum atomic E-state index is 5.75. The second-order valence-corrected chi connectivity index (χ2v) is 5.39. The second-order valence-electron chi connectivity index (χ2n) is 5.39. The van der Waals surface area contributed by atoms with Crippen LogP contribution in [0.3, 0.4) is 0 Å². The molecule has 1 aliphatic heterocycles. The first-order chi connectivity index (χ1) is 9.10. The summed E-state index contributed by atoms with van der Waals surface area (Å²) in [6.45, 7) is 11.3. The lowest BCUT2D eigenvalue weighted by Gasteiger charge is -2.36.